The molecule has 3 aromatic rings. The van der Waals surface area contributed by atoms with Crippen LogP contribution in [0.15, 0.2) is 38.0 Å². The van der Waals surface area contributed by atoms with E-state index >= 15 is 0 Å². The number of aliphatic hydroxyl groups excluding tert-OH is 1. The van der Waals surface area contributed by atoms with Crippen LogP contribution in [-0.4, -0.2) is 35.1 Å². The number of carbonyl (C=O) groups excluding carboxylic acids is 1. The third kappa shape index (κ3) is 5.40. The number of aryl methyl sites for hydroxylation is 2. The maximum Gasteiger partial charge on any atom is 0.306 e. The number of hydrogen-bond donors (Lipinski definition) is 2. The summed E-state index contributed by atoms with van der Waals surface area (Å²) in [7, 11) is 1.46. The van der Waals surface area contributed by atoms with Crippen molar-refractivity contribution >= 4 is 5.97 Å². The molecular formula is C24H27NO9. The highest BCUT2D eigenvalue weighted by molar-refractivity contribution is 5.71. The number of carbonyl (C=O) groups is 1. The van der Waals surface area contributed by atoms with Gasteiger partial charge < -0.3 is 33.4 Å². The lowest BCUT2D eigenvalue weighted by Crippen LogP contribution is -2.15. The van der Waals surface area contributed by atoms with Crippen molar-refractivity contribution in [2.75, 3.05) is 13.7 Å². The number of nitrogens with zero attached hydrogens (tertiary/aromatic N) is 1. The Balaban J connectivity index is 2.00. The maximum atomic E-state index is 12.3. The van der Waals surface area contributed by atoms with E-state index in [0.29, 0.717) is 22.8 Å². The second kappa shape index (κ2) is 10.9. The van der Waals surface area contributed by atoms with E-state index in [4.69, 9.17) is 23.2 Å². The van der Waals surface area contributed by atoms with E-state index < -0.39 is 29.7 Å². The maximum absolute atomic E-state index is 12.3. The van der Waals surface area contributed by atoms with Gasteiger partial charge in [-0.1, -0.05) is 11.2 Å². The first-order valence-electron chi connectivity index (χ1n) is 10.6. The minimum Gasteiger partial charge on any atom is -0.502 e. The third-order valence-corrected chi connectivity index (χ3v) is 5.29. The number of hydrogen-bond acceptors (Lipinski definition) is 10. The molecule has 0 radical (unpaired) electrons. The van der Waals surface area contributed by atoms with Crippen LogP contribution in [0.3, 0.4) is 0 Å². The van der Waals surface area contributed by atoms with Crippen molar-refractivity contribution in [3.8, 4) is 17.2 Å². The average molecular weight is 473 g/mol. The van der Waals surface area contributed by atoms with Gasteiger partial charge in [0, 0.05) is 6.07 Å². The first-order valence-corrected chi connectivity index (χ1v) is 10.6. The second-order valence-electron chi connectivity index (χ2n) is 7.51. The van der Waals surface area contributed by atoms with Crippen LogP contribution >= 0.6 is 0 Å². The molecule has 182 valence electrons. The monoisotopic (exact) mass is 473 g/mol. The van der Waals surface area contributed by atoms with Gasteiger partial charge in [-0.05, 0) is 38.5 Å². The van der Waals surface area contributed by atoms with Gasteiger partial charge in [0.05, 0.1) is 37.3 Å². The molecule has 2 aromatic heterocycles. The summed E-state index contributed by atoms with van der Waals surface area (Å²) in [4.78, 5) is 24.5. The summed E-state index contributed by atoms with van der Waals surface area (Å²) in [5, 5.41) is 23.7. The van der Waals surface area contributed by atoms with E-state index in [1.165, 1.54) is 7.11 Å². The van der Waals surface area contributed by atoms with Crippen LogP contribution in [0, 0.1) is 13.8 Å². The van der Waals surface area contributed by atoms with Gasteiger partial charge in [0.1, 0.15) is 24.7 Å². The summed E-state index contributed by atoms with van der Waals surface area (Å²) in [5.74, 6) is -0.852. The van der Waals surface area contributed by atoms with Crippen molar-refractivity contribution in [1.82, 2.24) is 5.16 Å². The topological polar surface area (TPSA) is 141 Å². The van der Waals surface area contributed by atoms with Crippen molar-refractivity contribution in [1.29, 1.82) is 0 Å². The Labute approximate surface area is 195 Å². The zero-order valence-corrected chi connectivity index (χ0v) is 19.4. The van der Waals surface area contributed by atoms with Crippen LogP contribution < -0.4 is 14.9 Å². The molecule has 1 aromatic carbocycles. The first-order chi connectivity index (χ1) is 16.3. The number of ether oxygens (including phenoxy) is 3. The second-order valence-corrected chi connectivity index (χ2v) is 7.51. The summed E-state index contributed by atoms with van der Waals surface area (Å²) in [6.07, 6.45) is -0.221. The number of aliphatic hydroxyl groups is 1. The molecule has 0 aliphatic heterocycles. The molecule has 0 saturated heterocycles. The molecule has 0 saturated carbocycles. The van der Waals surface area contributed by atoms with E-state index in [-0.39, 0.29) is 31.2 Å². The van der Waals surface area contributed by atoms with Gasteiger partial charge in [0.2, 0.25) is 11.2 Å². The van der Waals surface area contributed by atoms with Crippen LogP contribution in [0.5, 0.6) is 17.2 Å². The van der Waals surface area contributed by atoms with E-state index in [1.54, 1.807) is 32.0 Å². The van der Waals surface area contributed by atoms with Gasteiger partial charge in [-0.2, -0.15) is 0 Å². The Morgan fingerprint density at radius 1 is 1.21 bits per heavy atom. The number of benzene rings is 1. The SMILES string of the molecule is CCOC(=O)C[C@@H](c1ccc(OCc2c(C)noc2C)c(OC)c1)c1oc(CO)cc(=O)c1O. The molecule has 0 aliphatic carbocycles. The molecule has 0 amide bonds. The predicted molar refractivity (Wildman–Crippen MR) is 119 cm³/mol. The molecule has 10 heteroatoms. The van der Waals surface area contributed by atoms with Crippen molar-refractivity contribution in [3.05, 3.63) is 68.6 Å². The molecule has 0 unspecified atom stereocenters. The summed E-state index contributed by atoms with van der Waals surface area (Å²) >= 11 is 0. The molecular weight excluding hydrogens is 446 g/mol. The fourth-order valence-corrected chi connectivity index (χ4v) is 3.50. The Morgan fingerprint density at radius 3 is 2.59 bits per heavy atom. The zero-order chi connectivity index (χ0) is 24.8. The molecule has 0 spiro atoms. The number of aromatic hydroxyl groups is 1. The average Bonchev–Trinajstić information content (AvgIpc) is 3.15. The minimum absolute atomic E-state index is 0.0435. The first kappa shape index (κ1) is 24.8. The number of esters is 1. The van der Waals surface area contributed by atoms with Crippen LogP contribution in [0.25, 0.3) is 0 Å². The molecule has 34 heavy (non-hydrogen) atoms. The minimum atomic E-state index is -0.885. The van der Waals surface area contributed by atoms with Gasteiger partial charge in [0.25, 0.3) is 0 Å². The highest BCUT2D eigenvalue weighted by atomic mass is 16.5. The van der Waals surface area contributed by atoms with Gasteiger partial charge in [-0.3, -0.25) is 9.59 Å². The largest absolute Gasteiger partial charge is 0.502 e. The van der Waals surface area contributed by atoms with Gasteiger partial charge in [0.15, 0.2) is 17.3 Å². The number of rotatable bonds is 10. The number of methoxy groups -OCH3 is 1. The van der Waals surface area contributed by atoms with E-state index in [1.807, 2.05) is 6.92 Å². The fourth-order valence-electron chi connectivity index (χ4n) is 3.50. The van der Waals surface area contributed by atoms with E-state index in [0.717, 1.165) is 17.3 Å². The van der Waals surface area contributed by atoms with Crippen LogP contribution in [0.1, 0.15) is 53.4 Å². The zero-order valence-electron chi connectivity index (χ0n) is 19.4. The Morgan fingerprint density at radius 2 is 1.97 bits per heavy atom. The lowest BCUT2D eigenvalue weighted by molar-refractivity contribution is -0.143. The number of aromatic nitrogens is 1. The quantitative estimate of drug-likeness (QED) is 0.422. The Hall–Kier alpha value is -3.79. The summed E-state index contributed by atoms with van der Waals surface area (Å²) < 4.78 is 27.2. The van der Waals surface area contributed by atoms with Crippen molar-refractivity contribution in [3.63, 3.8) is 0 Å². The molecule has 0 aliphatic rings. The highest BCUT2D eigenvalue weighted by Crippen LogP contribution is 2.38. The van der Waals surface area contributed by atoms with E-state index in [9.17, 15) is 19.8 Å². The molecule has 2 N–H and O–H groups in total. The van der Waals surface area contributed by atoms with Crippen molar-refractivity contribution in [2.24, 2.45) is 0 Å². The van der Waals surface area contributed by atoms with Gasteiger partial charge >= 0.3 is 5.97 Å². The Kier molecular flexibility index (Phi) is 7.95. The summed E-state index contributed by atoms with van der Waals surface area (Å²) in [5.41, 5.74) is 1.31. The molecule has 2 heterocycles. The molecule has 0 bridgehead atoms. The van der Waals surface area contributed by atoms with Crippen molar-refractivity contribution in [2.45, 2.75) is 46.3 Å². The van der Waals surface area contributed by atoms with Crippen LogP contribution in [-0.2, 0) is 22.7 Å². The fraction of sp³-hybridized carbons (Fsp3) is 0.375. The smallest absolute Gasteiger partial charge is 0.306 e. The lowest BCUT2D eigenvalue weighted by atomic mass is 9.91. The Bertz CT molecular complexity index is 1190. The standard InChI is InChI=1S/C24H27NO9/c1-5-31-22(28)10-17(24-23(29)19(27)9-16(11-26)33-24)15-6-7-20(21(8-15)30-4)32-12-18-13(2)25-34-14(18)3/h6-9,17,26,29H,5,10-12H2,1-4H3/t17-/m0/s1. The molecule has 1 atom stereocenters. The van der Waals surface area contributed by atoms with Crippen LogP contribution in [0.4, 0.5) is 0 Å². The summed E-state index contributed by atoms with van der Waals surface area (Å²) in [6.45, 7) is 5.10. The van der Waals surface area contributed by atoms with Crippen molar-refractivity contribution < 1.29 is 38.2 Å². The molecule has 0 fully saturated rings. The third-order valence-electron chi connectivity index (χ3n) is 5.29. The predicted octanol–water partition coefficient (Wildman–Crippen LogP) is 3.12. The lowest BCUT2D eigenvalue weighted by Gasteiger charge is -2.19. The normalized spacial score (nSPS) is 11.8. The van der Waals surface area contributed by atoms with Crippen LogP contribution in [0.2, 0.25) is 0 Å². The summed E-state index contributed by atoms with van der Waals surface area (Å²) in [6, 6.07) is 5.93. The van der Waals surface area contributed by atoms with E-state index in [2.05, 4.69) is 5.16 Å². The van der Waals surface area contributed by atoms with Gasteiger partial charge in [-0.15, -0.1) is 0 Å². The highest BCUT2D eigenvalue weighted by Gasteiger charge is 2.28. The molecule has 10 nitrogen and oxygen atoms in total. The van der Waals surface area contributed by atoms with Gasteiger partial charge in [-0.25, -0.2) is 0 Å². The molecule has 3 rings (SSSR count).